The van der Waals surface area contributed by atoms with Crippen molar-refractivity contribution in [2.75, 3.05) is 37.8 Å². The van der Waals surface area contributed by atoms with Crippen LogP contribution in [0.5, 0.6) is 5.75 Å². The first kappa shape index (κ1) is 24.8. The molecule has 0 aliphatic carbocycles. The molecule has 2 aliphatic heterocycles. The minimum atomic E-state index is -0.621. The summed E-state index contributed by atoms with van der Waals surface area (Å²) >= 11 is 6.21. The Bertz CT molecular complexity index is 1700. The van der Waals surface area contributed by atoms with Crippen molar-refractivity contribution in [3.05, 3.63) is 71.4 Å². The third-order valence-electron chi connectivity index (χ3n) is 7.48. The molecule has 1 N–H and O–H groups in total. The fourth-order valence-electron chi connectivity index (χ4n) is 5.75. The molecule has 4 aromatic heterocycles. The predicted octanol–water partition coefficient (Wildman–Crippen LogP) is 4.19. The van der Waals surface area contributed by atoms with Crippen LogP contribution in [0.15, 0.2) is 55.0 Å². The Morgan fingerprint density at radius 1 is 1.20 bits per heavy atom. The third kappa shape index (κ3) is 4.04. The Morgan fingerprint density at radius 3 is 2.75 bits per heavy atom. The summed E-state index contributed by atoms with van der Waals surface area (Å²) in [6, 6.07) is 9.75. The largest absolute Gasteiger partial charge is 0.492 e. The number of nitrogens with one attached hydrogen (secondary N) is 1. The highest BCUT2D eigenvalue weighted by Gasteiger charge is 2.42. The number of hydrogen-bond acceptors (Lipinski definition) is 7. The molecule has 0 saturated carbocycles. The number of amides is 1. The predicted molar refractivity (Wildman–Crippen MR) is 147 cm³/mol. The highest BCUT2D eigenvalue weighted by molar-refractivity contribution is 6.33. The fourth-order valence-corrected chi connectivity index (χ4v) is 6.00. The summed E-state index contributed by atoms with van der Waals surface area (Å²) < 4.78 is 27.9. The zero-order valence-corrected chi connectivity index (χ0v) is 22.3. The second-order valence-corrected chi connectivity index (χ2v) is 10.3. The van der Waals surface area contributed by atoms with Crippen molar-refractivity contribution in [1.29, 1.82) is 0 Å². The van der Waals surface area contributed by atoms with Gasteiger partial charge in [-0.2, -0.15) is 5.10 Å². The number of aromatic amines is 1. The molecule has 10 nitrogen and oxygen atoms in total. The quantitative estimate of drug-likeness (QED) is 0.343. The number of nitrogens with zero attached hydrogens (tertiary/aromatic N) is 6. The number of pyridine rings is 2. The molecule has 1 amide bonds. The summed E-state index contributed by atoms with van der Waals surface area (Å²) in [4.78, 5) is 22.1. The second-order valence-electron chi connectivity index (χ2n) is 9.91. The van der Waals surface area contributed by atoms with Crippen LogP contribution in [0.1, 0.15) is 17.3 Å². The van der Waals surface area contributed by atoms with E-state index in [0.29, 0.717) is 44.3 Å². The first-order valence-corrected chi connectivity index (χ1v) is 13.4. The summed E-state index contributed by atoms with van der Waals surface area (Å²) in [5, 5.41) is 12.7. The lowest BCUT2D eigenvalue weighted by Crippen LogP contribution is -2.66. The molecule has 12 heteroatoms. The minimum absolute atomic E-state index is 0.0933. The van der Waals surface area contributed by atoms with Gasteiger partial charge in [0, 0.05) is 30.4 Å². The van der Waals surface area contributed by atoms with Crippen LogP contribution in [0.3, 0.4) is 0 Å². The molecule has 2 aliphatic rings. The lowest BCUT2D eigenvalue weighted by Gasteiger charge is -2.50. The number of halogens is 2. The lowest BCUT2D eigenvalue weighted by atomic mass is 10.0. The van der Waals surface area contributed by atoms with Crippen LogP contribution in [0.4, 0.5) is 10.2 Å². The number of ether oxygens (including phenoxy) is 2. The molecule has 5 aromatic rings. The number of morpholine rings is 1. The standard InChI is InChI=1S/C28H25ClFN7O3/c1-2-40-19-8-20(26-21-10-32-33-27(21)34-36(26)13-19)16-6-7-24(31-9-16)35-11-17-14-39-15-18(12-35)37(17)28(38)25-22(29)4-3-5-23(25)30/h3-10,13,17-18H,2,11-12,14-15H2,1H3,(H,33,34). The van der Waals surface area contributed by atoms with E-state index in [1.807, 2.05) is 37.5 Å². The van der Waals surface area contributed by atoms with Crippen LogP contribution in [0.25, 0.3) is 27.7 Å². The van der Waals surface area contributed by atoms with Gasteiger partial charge in [-0.3, -0.25) is 9.89 Å². The third-order valence-corrected chi connectivity index (χ3v) is 7.79. The molecule has 0 spiro atoms. The molecule has 40 heavy (non-hydrogen) atoms. The average Bonchev–Trinajstić information content (AvgIpc) is 3.53. The lowest BCUT2D eigenvalue weighted by molar-refractivity contribution is -0.0431. The van der Waals surface area contributed by atoms with E-state index in [2.05, 4.69) is 20.2 Å². The summed E-state index contributed by atoms with van der Waals surface area (Å²) in [5.74, 6) is 0.463. The topological polar surface area (TPSA) is 101 Å². The van der Waals surface area contributed by atoms with Crippen molar-refractivity contribution >= 4 is 39.9 Å². The molecule has 2 saturated heterocycles. The second kappa shape index (κ2) is 9.76. The van der Waals surface area contributed by atoms with E-state index in [1.54, 1.807) is 15.6 Å². The molecule has 1 aromatic carbocycles. The Hall–Kier alpha value is -4.22. The number of fused-ring (bicyclic) bond motifs is 5. The number of H-pyrrole nitrogens is 1. The summed E-state index contributed by atoms with van der Waals surface area (Å²) in [6.45, 7) is 4.19. The summed E-state index contributed by atoms with van der Waals surface area (Å²) in [7, 11) is 0. The Labute approximate surface area is 233 Å². The van der Waals surface area contributed by atoms with Crippen molar-refractivity contribution in [2.24, 2.45) is 0 Å². The number of rotatable bonds is 5. The van der Waals surface area contributed by atoms with Gasteiger partial charge in [0.05, 0.1) is 65.8 Å². The van der Waals surface area contributed by atoms with Crippen LogP contribution in [-0.4, -0.2) is 80.6 Å². The first-order chi connectivity index (χ1) is 19.5. The molecule has 2 bridgehead atoms. The molecule has 2 atom stereocenters. The smallest absolute Gasteiger partial charge is 0.259 e. The molecule has 2 fully saturated rings. The van der Waals surface area contributed by atoms with Crippen molar-refractivity contribution in [2.45, 2.75) is 19.0 Å². The maximum atomic E-state index is 14.6. The number of hydrogen-bond donors (Lipinski definition) is 1. The normalized spacial score (nSPS) is 19.0. The van der Waals surface area contributed by atoms with Gasteiger partial charge in [-0.25, -0.2) is 13.9 Å². The van der Waals surface area contributed by atoms with Crippen molar-refractivity contribution in [3.63, 3.8) is 0 Å². The number of carbonyl (C=O) groups is 1. The van der Waals surface area contributed by atoms with E-state index >= 15 is 0 Å². The van der Waals surface area contributed by atoms with Gasteiger partial charge in [0.25, 0.3) is 5.91 Å². The van der Waals surface area contributed by atoms with Gasteiger partial charge in [-0.15, -0.1) is 5.10 Å². The van der Waals surface area contributed by atoms with Crippen LogP contribution >= 0.6 is 11.6 Å². The van der Waals surface area contributed by atoms with E-state index in [4.69, 9.17) is 26.1 Å². The highest BCUT2D eigenvalue weighted by Crippen LogP contribution is 2.34. The van der Waals surface area contributed by atoms with E-state index in [1.165, 1.54) is 18.2 Å². The van der Waals surface area contributed by atoms with Gasteiger partial charge in [0.15, 0.2) is 5.65 Å². The molecule has 7 rings (SSSR count). The van der Waals surface area contributed by atoms with Crippen LogP contribution in [0, 0.1) is 5.82 Å². The van der Waals surface area contributed by atoms with E-state index < -0.39 is 11.7 Å². The van der Waals surface area contributed by atoms with Gasteiger partial charge < -0.3 is 19.3 Å². The number of benzene rings is 1. The van der Waals surface area contributed by atoms with E-state index in [-0.39, 0.29) is 22.7 Å². The number of carbonyl (C=O) groups excluding carboxylic acids is 1. The molecule has 2 unspecified atom stereocenters. The van der Waals surface area contributed by atoms with Crippen LogP contribution in [-0.2, 0) is 4.74 Å². The van der Waals surface area contributed by atoms with Gasteiger partial charge in [0.1, 0.15) is 17.4 Å². The zero-order chi connectivity index (χ0) is 27.4. The maximum absolute atomic E-state index is 14.6. The molecule has 0 radical (unpaired) electrons. The zero-order valence-electron chi connectivity index (χ0n) is 21.6. The SMILES string of the molecule is CCOc1cc(-c2ccc(N3CC4COCC(C3)N4C(=O)c3c(F)cccc3Cl)nc2)c2c3cn[nH]c3nn2c1. The Morgan fingerprint density at radius 2 is 2.02 bits per heavy atom. The van der Waals surface area contributed by atoms with E-state index in [0.717, 1.165) is 27.8 Å². The summed E-state index contributed by atoms with van der Waals surface area (Å²) in [5.41, 5.74) is 3.34. The monoisotopic (exact) mass is 561 g/mol. The van der Waals surface area contributed by atoms with Gasteiger partial charge in [-0.05, 0) is 37.3 Å². The summed E-state index contributed by atoms with van der Waals surface area (Å²) in [6.07, 6.45) is 5.45. The fraction of sp³-hybridized carbons (Fsp3) is 0.286. The number of aromatic nitrogens is 5. The van der Waals surface area contributed by atoms with Gasteiger partial charge in [-0.1, -0.05) is 17.7 Å². The highest BCUT2D eigenvalue weighted by atomic mass is 35.5. The van der Waals surface area contributed by atoms with Crippen LogP contribution < -0.4 is 9.64 Å². The Balaban J connectivity index is 1.18. The number of anilines is 1. The van der Waals surface area contributed by atoms with Gasteiger partial charge >= 0.3 is 0 Å². The number of piperazine rings is 1. The van der Waals surface area contributed by atoms with Crippen molar-refractivity contribution in [1.82, 2.24) is 29.7 Å². The Kier molecular flexibility index (Phi) is 6.05. The molecule has 204 valence electrons. The van der Waals surface area contributed by atoms with E-state index in [9.17, 15) is 9.18 Å². The van der Waals surface area contributed by atoms with Gasteiger partial charge in [0.2, 0.25) is 0 Å². The van der Waals surface area contributed by atoms with Crippen LogP contribution in [0.2, 0.25) is 5.02 Å². The average molecular weight is 562 g/mol. The minimum Gasteiger partial charge on any atom is -0.492 e. The van der Waals surface area contributed by atoms with Crippen molar-refractivity contribution < 1.29 is 18.7 Å². The maximum Gasteiger partial charge on any atom is 0.259 e. The molecular formula is C28H25ClFN7O3. The first-order valence-electron chi connectivity index (χ1n) is 13.1. The van der Waals surface area contributed by atoms with Crippen molar-refractivity contribution in [3.8, 4) is 16.9 Å². The molecule has 6 heterocycles. The molecular weight excluding hydrogens is 537 g/mol.